The number of nitro benzene ring substituents is 1. The first-order valence-corrected chi connectivity index (χ1v) is 5.43. The molecule has 2 N–H and O–H groups in total. The van der Waals surface area contributed by atoms with Gasteiger partial charge in [-0.2, -0.15) is 0 Å². The highest BCUT2D eigenvalue weighted by Gasteiger charge is 2.20. The smallest absolute Gasteiger partial charge is 0.338 e. The van der Waals surface area contributed by atoms with E-state index in [-0.39, 0.29) is 16.9 Å². The fourth-order valence-corrected chi connectivity index (χ4v) is 1.50. The molecule has 0 bridgehead atoms. The second-order valence-electron chi connectivity index (χ2n) is 3.55. The fourth-order valence-electron chi connectivity index (χ4n) is 1.50. The van der Waals surface area contributed by atoms with Crippen molar-refractivity contribution < 1.29 is 14.8 Å². The van der Waals surface area contributed by atoms with Crippen molar-refractivity contribution in [1.82, 2.24) is 0 Å². The van der Waals surface area contributed by atoms with Gasteiger partial charge in [0, 0.05) is 12.6 Å². The van der Waals surface area contributed by atoms with Crippen LogP contribution in [0.1, 0.15) is 23.7 Å². The van der Waals surface area contributed by atoms with Crippen molar-refractivity contribution in [3.63, 3.8) is 0 Å². The van der Waals surface area contributed by atoms with Gasteiger partial charge in [0.1, 0.15) is 5.69 Å². The van der Waals surface area contributed by atoms with Crippen LogP contribution in [0.2, 0.25) is 0 Å². The fraction of sp³-hybridized carbons (Fsp3) is 0.250. The van der Waals surface area contributed by atoms with E-state index in [0.717, 1.165) is 0 Å². The molecule has 0 amide bonds. The van der Waals surface area contributed by atoms with Gasteiger partial charge in [0.2, 0.25) is 0 Å². The molecule has 0 saturated heterocycles. The number of hydrogen-bond acceptors (Lipinski definition) is 4. The largest absolute Gasteiger partial charge is 0.478 e. The van der Waals surface area contributed by atoms with E-state index in [4.69, 9.17) is 5.11 Å². The topological polar surface area (TPSA) is 92.5 Å². The maximum atomic E-state index is 11.0. The number of allylic oxidation sites excluding steroid dienone is 1. The Hall–Kier alpha value is -2.37. The van der Waals surface area contributed by atoms with Gasteiger partial charge < -0.3 is 10.4 Å². The Morgan fingerprint density at radius 3 is 2.83 bits per heavy atom. The summed E-state index contributed by atoms with van der Waals surface area (Å²) in [4.78, 5) is 21.3. The lowest BCUT2D eigenvalue weighted by atomic mass is 10.1. The lowest BCUT2D eigenvalue weighted by Crippen LogP contribution is -2.09. The molecule has 1 aromatic rings. The summed E-state index contributed by atoms with van der Waals surface area (Å²) in [6, 6.07) is 3.98. The van der Waals surface area contributed by atoms with Crippen molar-refractivity contribution in [2.75, 3.05) is 11.9 Å². The van der Waals surface area contributed by atoms with E-state index < -0.39 is 10.9 Å². The Morgan fingerprint density at radius 2 is 2.28 bits per heavy atom. The van der Waals surface area contributed by atoms with Gasteiger partial charge >= 0.3 is 5.97 Å². The monoisotopic (exact) mass is 250 g/mol. The average molecular weight is 250 g/mol. The van der Waals surface area contributed by atoms with Gasteiger partial charge in [0.25, 0.3) is 5.69 Å². The number of para-hydroxylation sites is 1. The molecule has 0 spiro atoms. The molecule has 0 unspecified atom stereocenters. The minimum Gasteiger partial charge on any atom is -0.478 e. The van der Waals surface area contributed by atoms with E-state index in [1.54, 1.807) is 0 Å². The van der Waals surface area contributed by atoms with Crippen molar-refractivity contribution in [2.24, 2.45) is 0 Å². The summed E-state index contributed by atoms with van der Waals surface area (Å²) in [5, 5.41) is 22.6. The molecule has 0 fully saturated rings. The summed E-state index contributed by atoms with van der Waals surface area (Å²) in [7, 11) is 0. The van der Waals surface area contributed by atoms with E-state index >= 15 is 0 Å². The van der Waals surface area contributed by atoms with Crippen molar-refractivity contribution in [2.45, 2.75) is 13.3 Å². The van der Waals surface area contributed by atoms with E-state index in [1.807, 2.05) is 19.1 Å². The first kappa shape index (κ1) is 13.7. The third-order valence-electron chi connectivity index (χ3n) is 2.32. The average Bonchev–Trinajstić information content (AvgIpc) is 2.34. The number of nitrogens with zero attached hydrogens (tertiary/aromatic N) is 1. The zero-order valence-corrected chi connectivity index (χ0v) is 9.92. The maximum Gasteiger partial charge on any atom is 0.338 e. The number of benzene rings is 1. The summed E-state index contributed by atoms with van der Waals surface area (Å²) < 4.78 is 0. The van der Waals surface area contributed by atoms with Crippen LogP contribution >= 0.6 is 0 Å². The second-order valence-corrected chi connectivity index (χ2v) is 3.55. The van der Waals surface area contributed by atoms with Gasteiger partial charge in [-0.1, -0.05) is 18.2 Å². The Morgan fingerprint density at radius 1 is 1.56 bits per heavy atom. The van der Waals surface area contributed by atoms with Gasteiger partial charge in [-0.15, -0.1) is 0 Å². The lowest BCUT2D eigenvalue weighted by Gasteiger charge is -2.08. The molecular weight excluding hydrogens is 236 g/mol. The van der Waals surface area contributed by atoms with Crippen LogP contribution in [0, 0.1) is 10.1 Å². The molecule has 0 saturated carbocycles. The summed E-state index contributed by atoms with van der Waals surface area (Å²) >= 11 is 0. The van der Waals surface area contributed by atoms with Crippen LogP contribution < -0.4 is 5.32 Å². The Bertz CT molecular complexity index is 451. The normalized spacial score (nSPS) is 10.5. The Balaban J connectivity index is 3.03. The third kappa shape index (κ3) is 3.31. The highest BCUT2D eigenvalue weighted by molar-refractivity contribution is 5.96. The molecule has 0 atom stereocenters. The van der Waals surface area contributed by atoms with Crippen LogP contribution in [0.5, 0.6) is 0 Å². The molecule has 1 rings (SSSR count). The number of aromatic carboxylic acids is 1. The van der Waals surface area contributed by atoms with Gasteiger partial charge in [0.05, 0.1) is 10.5 Å². The molecule has 6 nitrogen and oxygen atoms in total. The maximum absolute atomic E-state index is 11.0. The van der Waals surface area contributed by atoms with Crippen LogP contribution in [0.3, 0.4) is 0 Å². The van der Waals surface area contributed by atoms with Gasteiger partial charge in [0.15, 0.2) is 0 Å². The number of carbonyl (C=O) groups is 1. The third-order valence-corrected chi connectivity index (χ3v) is 2.32. The van der Waals surface area contributed by atoms with E-state index in [0.29, 0.717) is 13.0 Å². The van der Waals surface area contributed by atoms with Crippen LogP contribution in [0.4, 0.5) is 11.4 Å². The molecule has 0 aromatic heterocycles. The Kier molecular flexibility index (Phi) is 4.86. The van der Waals surface area contributed by atoms with Gasteiger partial charge in [-0.3, -0.25) is 10.1 Å². The minimum absolute atomic E-state index is 0.0551. The van der Waals surface area contributed by atoms with Crippen LogP contribution in [-0.4, -0.2) is 22.5 Å². The summed E-state index contributed by atoms with van der Waals surface area (Å²) in [6.45, 7) is 2.31. The standard InChI is InChI=1S/C12H14N2O4/c1-2-3-4-8-13-11-9(12(15)16)6-5-7-10(11)14(17)18/h2-3,5-7,13H,4,8H2,1H3,(H,15,16)/b3-2+. The molecule has 6 heteroatoms. The highest BCUT2D eigenvalue weighted by Crippen LogP contribution is 2.28. The molecule has 0 radical (unpaired) electrons. The predicted molar refractivity (Wildman–Crippen MR) is 68.0 cm³/mol. The zero-order chi connectivity index (χ0) is 13.5. The SMILES string of the molecule is C/C=C/CCNc1c(C(=O)O)cccc1[N+](=O)[O-]. The molecule has 18 heavy (non-hydrogen) atoms. The number of anilines is 1. The van der Waals surface area contributed by atoms with Crippen LogP contribution in [-0.2, 0) is 0 Å². The van der Waals surface area contributed by atoms with E-state index in [1.165, 1.54) is 18.2 Å². The number of rotatable bonds is 6. The van der Waals surface area contributed by atoms with Crippen LogP contribution in [0.15, 0.2) is 30.4 Å². The lowest BCUT2D eigenvalue weighted by molar-refractivity contribution is -0.384. The Labute approximate surface area is 104 Å². The van der Waals surface area contributed by atoms with Crippen molar-refractivity contribution in [3.05, 3.63) is 46.0 Å². The molecule has 0 aliphatic heterocycles. The van der Waals surface area contributed by atoms with Gasteiger partial charge in [-0.05, 0) is 19.4 Å². The van der Waals surface area contributed by atoms with Crippen LogP contribution in [0.25, 0.3) is 0 Å². The molecular formula is C12H14N2O4. The first-order valence-electron chi connectivity index (χ1n) is 5.43. The molecule has 0 aliphatic rings. The number of nitrogens with one attached hydrogen (secondary N) is 1. The van der Waals surface area contributed by atoms with Crippen molar-refractivity contribution in [1.29, 1.82) is 0 Å². The van der Waals surface area contributed by atoms with Gasteiger partial charge in [-0.25, -0.2) is 4.79 Å². The number of hydrogen-bond donors (Lipinski definition) is 2. The molecule has 1 aromatic carbocycles. The first-order chi connectivity index (χ1) is 8.57. The molecule has 96 valence electrons. The molecule has 0 heterocycles. The van der Waals surface area contributed by atoms with E-state index in [9.17, 15) is 14.9 Å². The zero-order valence-electron chi connectivity index (χ0n) is 9.92. The summed E-state index contributed by atoms with van der Waals surface area (Å²) in [5.41, 5.74) is -0.264. The summed E-state index contributed by atoms with van der Waals surface area (Å²) in [5.74, 6) is -1.19. The quantitative estimate of drug-likeness (QED) is 0.350. The van der Waals surface area contributed by atoms with E-state index in [2.05, 4.69) is 5.32 Å². The number of carboxylic acids is 1. The van der Waals surface area contributed by atoms with Crippen molar-refractivity contribution in [3.8, 4) is 0 Å². The predicted octanol–water partition coefficient (Wildman–Crippen LogP) is 2.67. The summed E-state index contributed by atoms with van der Waals surface area (Å²) in [6.07, 6.45) is 4.42. The minimum atomic E-state index is -1.19. The highest BCUT2D eigenvalue weighted by atomic mass is 16.6. The second kappa shape index (κ2) is 6.39. The molecule has 0 aliphatic carbocycles. The van der Waals surface area contributed by atoms with Crippen molar-refractivity contribution >= 4 is 17.3 Å². The number of carboxylic acid groups (broad SMARTS) is 1. The number of nitro groups is 1.